The standard InChI is InChI=1S/C11H17ClN4S/c1-13-11-14-6-9(12)10(16-11)15-7-3-4-8(5-7)17-2/h6-8H,3-5H2,1-2H3,(H2,13,14,15,16). The third kappa shape index (κ3) is 3.16. The van der Waals surface area contributed by atoms with E-state index in [1.165, 1.54) is 19.3 Å². The summed E-state index contributed by atoms with van der Waals surface area (Å²) in [5.74, 6) is 1.33. The molecule has 0 amide bonds. The molecule has 2 N–H and O–H groups in total. The van der Waals surface area contributed by atoms with Gasteiger partial charge in [-0.2, -0.15) is 16.7 Å². The molecular weight excluding hydrogens is 256 g/mol. The minimum absolute atomic E-state index is 0.476. The fraction of sp³-hybridized carbons (Fsp3) is 0.636. The highest BCUT2D eigenvalue weighted by Gasteiger charge is 2.24. The maximum absolute atomic E-state index is 6.08. The summed E-state index contributed by atoms with van der Waals surface area (Å²) in [7, 11) is 1.80. The molecule has 1 fully saturated rings. The van der Waals surface area contributed by atoms with Crippen molar-refractivity contribution in [3.63, 3.8) is 0 Å². The van der Waals surface area contributed by atoms with Crippen molar-refractivity contribution in [1.29, 1.82) is 0 Å². The molecule has 2 rings (SSSR count). The van der Waals surface area contributed by atoms with Crippen molar-refractivity contribution >= 4 is 35.1 Å². The van der Waals surface area contributed by atoms with Crippen LogP contribution in [0.1, 0.15) is 19.3 Å². The van der Waals surface area contributed by atoms with Crippen molar-refractivity contribution in [1.82, 2.24) is 9.97 Å². The van der Waals surface area contributed by atoms with Crippen LogP contribution in [0.5, 0.6) is 0 Å². The highest BCUT2D eigenvalue weighted by molar-refractivity contribution is 7.99. The van der Waals surface area contributed by atoms with Gasteiger partial charge in [-0.1, -0.05) is 11.6 Å². The molecule has 4 nitrogen and oxygen atoms in total. The number of rotatable bonds is 4. The highest BCUT2D eigenvalue weighted by Crippen LogP contribution is 2.31. The molecular formula is C11H17ClN4S. The SMILES string of the molecule is CNc1ncc(Cl)c(NC2CCC(SC)C2)n1. The first-order valence-electron chi connectivity index (χ1n) is 5.72. The lowest BCUT2D eigenvalue weighted by molar-refractivity contribution is 0.751. The molecule has 0 bridgehead atoms. The van der Waals surface area contributed by atoms with Crippen molar-refractivity contribution in [2.24, 2.45) is 0 Å². The maximum Gasteiger partial charge on any atom is 0.224 e. The monoisotopic (exact) mass is 272 g/mol. The predicted molar refractivity (Wildman–Crippen MR) is 75.2 cm³/mol. The minimum Gasteiger partial charge on any atom is -0.366 e. The fourth-order valence-corrected chi connectivity index (χ4v) is 3.01. The van der Waals surface area contributed by atoms with Crippen LogP contribution in [0.4, 0.5) is 11.8 Å². The first-order chi connectivity index (χ1) is 8.22. The van der Waals surface area contributed by atoms with Gasteiger partial charge < -0.3 is 10.6 Å². The zero-order chi connectivity index (χ0) is 12.3. The first kappa shape index (κ1) is 12.8. The Morgan fingerprint density at radius 3 is 2.94 bits per heavy atom. The lowest BCUT2D eigenvalue weighted by Crippen LogP contribution is -2.17. The Labute approximate surface area is 111 Å². The molecule has 0 saturated heterocycles. The van der Waals surface area contributed by atoms with Gasteiger partial charge in [0.2, 0.25) is 5.95 Å². The number of nitrogens with one attached hydrogen (secondary N) is 2. The molecule has 1 aliphatic rings. The van der Waals surface area contributed by atoms with Crippen molar-refractivity contribution in [2.45, 2.75) is 30.6 Å². The van der Waals surface area contributed by atoms with Gasteiger partial charge in [0, 0.05) is 18.3 Å². The molecule has 0 aliphatic heterocycles. The largest absolute Gasteiger partial charge is 0.366 e. The van der Waals surface area contributed by atoms with Gasteiger partial charge >= 0.3 is 0 Å². The molecule has 1 heterocycles. The van der Waals surface area contributed by atoms with Crippen molar-refractivity contribution in [2.75, 3.05) is 23.9 Å². The van der Waals surface area contributed by atoms with Crippen LogP contribution in [-0.2, 0) is 0 Å². The van der Waals surface area contributed by atoms with Crippen LogP contribution in [0.2, 0.25) is 5.02 Å². The molecule has 17 heavy (non-hydrogen) atoms. The van der Waals surface area contributed by atoms with E-state index in [-0.39, 0.29) is 0 Å². The topological polar surface area (TPSA) is 49.8 Å². The summed E-state index contributed by atoms with van der Waals surface area (Å²) in [5.41, 5.74) is 0. The maximum atomic E-state index is 6.08. The van der Waals surface area contributed by atoms with E-state index in [4.69, 9.17) is 11.6 Å². The van der Waals surface area contributed by atoms with E-state index in [1.54, 1.807) is 13.2 Å². The van der Waals surface area contributed by atoms with Crippen molar-refractivity contribution in [3.8, 4) is 0 Å². The van der Waals surface area contributed by atoms with Crippen LogP contribution >= 0.6 is 23.4 Å². The summed E-state index contributed by atoms with van der Waals surface area (Å²) >= 11 is 8.02. The van der Waals surface area contributed by atoms with Crippen molar-refractivity contribution < 1.29 is 0 Å². The Balaban J connectivity index is 2.03. The molecule has 0 aromatic carbocycles. The normalized spacial score (nSPS) is 23.7. The quantitative estimate of drug-likeness (QED) is 0.883. The summed E-state index contributed by atoms with van der Waals surface area (Å²) < 4.78 is 0. The van der Waals surface area contributed by atoms with Gasteiger partial charge in [-0.3, -0.25) is 0 Å². The number of halogens is 1. The van der Waals surface area contributed by atoms with E-state index in [0.29, 0.717) is 17.0 Å². The summed E-state index contributed by atoms with van der Waals surface area (Å²) in [6.45, 7) is 0. The number of hydrogen-bond acceptors (Lipinski definition) is 5. The fourth-order valence-electron chi connectivity index (χ4n) is 2.07. The zero-order valence-electron chi connectivity index (χ0n) is 10.0. The Kier molecular flexibility index (Phi) is 4.34. The molecule has 0 spiro atoms. The Morgan fingerprint density at radius 1 is 1.47 bits per heavy atom. The average molecular weight is 273 g/mol. The number of nitrogens with zero attached hydrogens (tertiary/aromatic N) is 2. The van der Waals surface area contributed by atoms with Gasteiger partial charge in [0.15, 0.2) is 5.82 Å². The molecule has 2 atom stereocenters. The summed E-state index contributed by atoms with van der Waals surface area (Å²) in [6.07, 6.45) is 7.42. The van der Waals surface area contributed by atoms with E-state index in [0.717, 1.165) is 11.1 Å². The van der Waals surface area contributed by atoms with Gasteiger partial charge in [-0.15, -0.1) is 0 Å². The van der Waals surface area contributed by atoms with Gasteiger partial charge in [-0.05, 0) is 25.5 Å². The van der Waals surface area contributed by atoms with Gasteiger partial charge in [0.25, 0.3) is 0 Å². The van der Waals surface area contributed by atoms with E-state index in [9.17, 15) is 0 Å². The second-order valence-electron chi connectivity index (χ2n) is 4.15. The molecule has 94 valence electrons. The second-order valence-corrected chi connectivity index (χ2v) is 5.70. The van der Waals surface area contributed by atoms with E-state index in [2.05, 4.69) is 26.9 Å². The van der Waals surface area contributed by atoms with Crippen LogP contribution in [0.15, 0.2) is 6.20 Å². The van der Waals surface area contributed by atoms with Crippen LogP contribution in [0.3, 0.4) is 0 Å². The van der Waals surface area contributed by atoms with Crippen molar-refractivity contribution in [3.05, 3.63) is 11.2 Å². The summed E-state index contributed by atoms with van der Waals surface area (Å²) in [6, 6.07) is 0.476. The lowest BCUT2D eigenvalue weighted by atomic mass is 10.2. The van der Waals surface area contributed by atoms with Gasteiger partial charge in [0.1, 0.15) is 5.02 Å². The van der Waals surface area contributed by atoms with Crippen LogP contribution in [0.25, 0.3) is 0 Å². The molecule has 2 unspecified atom stereocenters. The Morgan fingerprint density at radius 2 is 2.29 bits per heavy atom. The summed E-state index contributed by atoms with van der Waals surface area (Å²) in [4.78, 5) is 8.40. The molecule has 1 saturated carbocycles. The number of thioether (sulfide) groups is 1. The third-order valence-electron chi connectivity index (χ3n) is 3.03. The van der Waals surface area contributed by atoms with Crippen LogP contribution in [0, 0.1) is 0 Å². The zero-order valence-corrected chi connectivity index (χ0v) is 11.6. The lowest BCUT2D eigenvalue weighted by Gasteiger charge is -2.14. The average Bonchev–Trinajstić information content (AvgIpc) is 2.80. The first-order valence-corrected chi connectivity index (χ1v) is 7.39. The molecule has 1 aliphatic carbocycles. The highest BCUT2D eigenvalue weighted by atomic mass is 35.5. The summed E-state index contributed by atoms with van der Waals surface area (Å²) in [5, 5.41) is 7.67. The number of aromatic nitrogens is 2. The van der Waals surface area contributed by atoms with E-state index >= 15 is 0 Å². The third-order valence-corrected chi connectivity index (χ3v) is 4.40. The molecule has 0 radical (unpaired) electrons. The van der Waals surface area contributed by atoms with Crippen LogP contribution < -0.4 is 10.6 Å². The predicted octanol–water partition coefficient (Wildman–Crippen LogP) is 2.87. The smallest absolute Gasteiger partial charge is 0.224 e. The number of hydrogen-bond donors (Lipinski definition) is 2. The minimum atomic E-state index is 0.476. The second kappa shape index (κ2) is 5.78. The molecule has 6 heteroatoms. The van der Waals surface area contributed by atoms with E-state index in [1.807, 2.05) is 11.8 Å². The Bertz CT molecular complexity index is 388. The van der Waals surface area contributed by atoms with Gasteiger partial charge in [0.05, 0.1) is 6.20 Å². The van der Waals surface area contributed by atoms with E-state index < -0.39 is 0 Å². The number of anilines is 2. The molecule has 1 aromatic rings. The van der Waals surface area contributed by atoms with Gasteiger partial charge in [-0.25, -0.2) is 4.98 Å². The van der Waals surface area contributed by atoms with Crippen LogP contribution in [-0.4, -0.2) is 34.6 Å². The molecule has 1 aromatic heterocycles. The Hall–Kier alpha value is -0.680.